The van der Waals surface area contributed by atoms with Gasteiger partial charge in [-0.1, -0.05) is 5.16 Å². The summed E-state index contributed by atoms with van der Waals surface area (Å²) in [7, 11) is 3.36. The molecule has 1 aromatic rings. The van der Waals surface area contributed by atoms with Crippen molar-refractivity contribution in [1.29, 1.82) is 0 Å². The highest BCUT2D eigenvalue weighted by molar-refractivity contribution is 6.02. The summed E-state index contributed by atoms with van der Waals surface area (Å²) >= 11 is 0. The first-order valence-corrected chi connectivity index (χ1v) is 6.99. The molecule has 0 amide bonds. The molecule has 0 bridgehead atoms. The van der Waals surface area contributed by atoms with Gasteiger partial charge in [0, 0.05) is 31.8 Å². The van der Waals surface area contributed by atoms with Gasteiger partial charge in [-0.25, -0.2) is 0 Å². The van der Waals surface area contributed by atoms with E-state index in [1.807, 2.05) is 12.1 Å². The molecule has 0 aromatic heterocycles. The quantitative estimate of drug-likeness (QED) is 0.383. The van der Waals surface area contributed by atoms with E-state index in [9.17, 15) is 0 Å². The van der Waals surface area contributed by atoms with Crippen LogP contribution in [-0.2, 0) is 4.74 Å². The molecule has 1 fully saturated rings. The minimum atomic E-state index is -0.191. The van der Waals surface area contributed by atoms with E-state index >= 15 is 0 Å². The van der Waals surface area contributed by atoms with E-state index in [0.717, 1.165) is 37.4 Å². The fourth-order valence-corrected chi connectivity index (χ4v) is 2.75. The Labute approximate surface area is 125 Å². The van der Waals surface area contributed by atoms with Crippen LogP contribution in [0.2, 0.25) is 0 Å². The van der Waals surface area contributed by atoms with Gasteiger partial charge in [-0.05, 0) is 31.9 Å². The van der Waals surface area contributed by atoms with Crippen LogP contribution >= 0.6 is 0 Å². The molecule has 116 valence electrons. The second-order valence-electron chi connectivity index (χ2n) is 5.55. The molecule has 1 saturated heterocycles. The van der Waals surface area contributed by atoms with Crippen LogP contribution in [0.1, 0.15) is 25.3 Å². The van der Waals surface area contributed by atoms with Crippen LogP contribution in [0.15, 0.2) is 23.4 Å². The third-order valence-electron chi connectivity index (χ3n) is 4.08. The third-order valence-corrected chi connectivity index (χ3v) is 4.08. The summed E-state index contributed by atoms with van der Waals surface area (Å²) in [4.78, 5) is 2.20. The molecular formula is C15H23N3O3. The number of nitrogens with two attached hydrogens (primary N) is 1. The highest BCUT2D eigenvalue weighted by atomic mass is 16.5. The Kier molecular flexibility index (Phi) is 4.57. The average Bonchev–Trinajstić information content (AvgIpc) is 2.53. The van der Waals surface area contributed by atoms with Gasteiger partial charge in [0.2, 0.25) is 0 Å². The second kappa shape index (κ2) is 6.22. The predicted molar refractivity (Wildman–Crippen MR) is 82.4 cm³/mol. The number of anilines is 1. The molecule has 6 heteroatoms. The van der Waals surface area contributed by atoms with E-state index in [1.165, 1.54) is 0 Å². The number of oxime groups is 1. The smallest absolute Gasteiger partial charge is 0.172 e. The summed E-state index contributed by atoms with van der Waals surface area (Å²) in [6.07, 6.45) is 2.04. The number of hydrogen-bond acceptors (Lipinski definition) is 5. The van der Waals surface area contributed by atoms with Gasteiger partial charge < -0.3 is 25.3 Å². The van der Waals surface area contributed by atoms with Gasteiger partial charge in [0.1, 0.15) is 5.75 Å². The van der Waals surface area contributed by atoms with Gasteiger partial charge in [-0.2, -0.15) is 0 Å². The van der Waals surface area contributed by atoms with Crippen molar-refractivity contribution in [3.63, 3.8) is 0 Å². The highest BCUT2D eigenvalue weighted by Crippen LogP contribution is 2.32. The van der Waals surface area contributed by atoms with Crippen LogP contribution in [0, 0.1) is 0 Å². The minimum absolute atomic E-state index is 0.0948. The Morgan fingerprint density at radius 3 is 2.81 bits per heavy atom. The molecule has 1 atom stereocenters. The fraction of sp³-hybridized carbons (Fsp3) is 0.533. The average molecular weight is 293 g/mol. The Hall–Kier alpha value is -1.95. The highest BCUT2D eigenvalue weighted by Gasteiger charge is 2.32. The van der Waals surface area contributed by atoms with Crippen molar-refractivity contribution >= 4 is 11.5 Å². The maximum atomic E-state index is 8.97. The summed E-state index contributed by atoms with van der Waals surface area (Å²) in [5.41, 5.74) is 7.19. The molecule has 2 rings (SSSR count). The number of amidine groups is 1. The molecule has 1 heterocycles. The van der Waals surface area contributed by atoms with Crippen LogP contribution in [-0.4, -0.2) is 44.0 Å². The molecule has 0 radical (unpaired) electrons. The first-order chi connectivity index (χ1) is 10.0. The Balaban J connectivity index is 2.40. The second-order valence-corrected chi connectivity index (χ2v) is 5.55. The normalized spacial score (nSPS) is 23.2. The molecular weight excluding hydrogens is 270 g/mol. The van der Waals surface area contributed by atoms with E-state index in [4.69, 9.17) is 20.4 Å². The minimum Gasteiger partial charge on any atom is -0.497 e. The molecule has 21 heavy (non-hydrogen) atoms. The summed E-state index contributed by atoms with van der Waals surface area (Å²) < 4.78 is 10.9. The van der Waals surface area contributed by atoms with Gasteiger partial charge in [0.05, 0.1) is 18.4 Å². The van der Waals surface area contributed by atoms with E-state index < -0.39 is 0 Å². The lowest BCUT2D eigenvalue weighted by Crippen LogP contribution is -2.48. The number of piperidine rings is 1. The van der Waals surface area contributed by atoms with Gasteiger partial charge in [-0.3, -0.25) is 0 Å². The molecule has 1 aromatic carbocycles. The van der Waals surface area contributed by atoms with E-state index in [1.54, 1.807) is 20.3 Å². The number of methoxy groups -OCH3 is 2. The van der Waals surface area contributed by atoms with Crippen LogP contribution in [0.25, 0.3) is 0 Å². The monoisotopic (exact) mass is 293 g/mol. The summed E-state index contributed by atoms with van der Waals surface area (Å²) in [6, 6.07) is 5.52. The largest absolute Gasteiger partial charge is 0.497 e. The van der Waals surface area contributed by atoms with Crippen molar-refractivity contribution in [2.75, 3.05) is 32.2 Å². The zero-order valence-corrected chi connectivity index (χ0v) is 12.8. The lowest BCUT2D eigenvalue weighted by molar-refractivity contribution is -0.00466. The molecule has 1 aliphatic heterocycles. The third kappa shape index (κ3) is 3.21. The van der Waals surface area contributed by atoms with Crippen molar-refractivity contribution in [3.8, 4) is 5.75 Å². The zero-order chi connectivity index (χ0) is 15.5. The first-order valence-electron chi connectivity index (χ1n) is 6.99. The van der Waals surface area contributed by atoms with Gasteiger partial charge in [0.15, 0.2) is 5.84 Å². The maximum absolute atomic E-state index is 8.97. The Morgan fingerprint density at radius 2 is 2.19 bits per heavy atom. The van der Waals surface area contributed by atoms with E-state index in [0.29, 0.717) is 5.56 Å². The van der Waals surface area contributed by atoms with Crippen LogP contribution in [0.3, 0.4) is 0 Å². The van der Waals surface area contributed by atoms with Crippen molar-refractivity contribution < 1.29 is 14.7 Å². The SMILES string of the molecule is COc1ccc(/C(N)=N/O)c(N2CCCC(C)(OC)C2)c1. The standard InChI is InChI=1S/C15H23N3O3/c1-15(21-3)7-4-8-18(10-15)13-9-11(20-2)5-6-12(13)14(16)17-19/h5-6,9,19H,4,7-8,10H2,1-3H3,(H2,16,17). The van der Waals surface area contributed by atoms with Gasteiger partial charge in [0.25, 0.3) is 0 Å². The molecule has 0 saturated carbocycles. The van der Waals surface area contributed by atoms with Crippen molar-refractivity contribution in [2.45, 2.75) is 25.4 Å². The topological polar surface area (TPSA) is 80.3 Å². The van der Waals surface area contributed by atoms with Crippen molar-refractivity contribution in [2.24, 2.45) is 10.9 Å². The zero-order valence-electron chi connectivity index (χ0n) is 12.8. The number of nitrogens with zero attached hydrogens (tertiary/aromatic N) is 2. The van der Waals surface area contributed by atoms with E-state index in [-0.39, 0.29) is 11.4 Å². The Bertz CT molecular complexity index is 533. The van der Waals surface area contributed by atoms with Crippen molar-refractivity contribution in [3.05, 3.63) is 23.8 Å². The number of rotatable bonds is 4. The van der Waals surface area contributed by atoms with E-state index in [2.05, 4.69) is 17.0 Å². The van der Waals surface area contributed by atoms with Crippen molar-refractivity contribution in [1.82, 2.24) is 0 Å². The van der Waals surface area contributed by atoms with Crippen LogP contribution in [0.4, 0.5) is 5.69 Å². The van der Waals surface area contributed by atoms with Gasteiger partial charge >= 0.3 is 0 Å². The summed E-state index contributed by atoms with van der Waals surface area (Å²) in [5, 5.41) is 12.1. The number of ether oxygens (including phenoxy) is 2. The molecule has 1 aliphatic rings. The number of benzene rings is 1. The van der Waals surface area contributed by atoms with Crippen LogP contribution in [0.5, 0.6) is 5.75 Å². The molecule has 6 nitrogen and oxygen atoms in total. The lowest BCUT2D eigenvalue weighted by atomic mass is 9.93. The Morgan fingerprint density at radius 1 is 1.43 bits per heavy atom. The van der Waals surface area contributed by atoms with Gasteiger partial charge in [-0.15, -0.1) is 0 Å². The summed E-state index contributed by atoms with van der Waals surface area (Å²) in [5.74, 6) is 0.835. The number of hydrogen-bond donors (Lipinski definition) is 2. The predicted octanol–water partition coefficient (Wildman–Crippen LogP) is 1.80. The molecule has 0 spiro atoms. The molecule has 3 N–H and O–H groups in total. The maximum Gasteiger partial charge on any atom is 0.172 e. The fourth-order valence-electron chi connectivity index (χ4n) is 2.75. The van der Waals surface area contributed by atoms with Crippen LogP contribution < -0.4 is 15.4 Å². The molecule has 1 unspecified atom stereocenters. The first kappa shape index (κ1) is 15.4. The summed E-state index contributed by atoms with van der Waals surface area (Å²) in [6.45, 7) is 3.75. The molecule has 0 aliphatic carbocycles. The lowest BCUT2D eigenvalue weighted by Gasteiger charge is -2.41.